The van der Waals surface area contributed by atoms with Crippen molar-refractivity contribution >= 4 is 19.1 Å². The van der Waals surface area contributed by atoms with Crippen molar-refractivity contribution in [2.75, 3.05) is 13.1 Å². The first-order valence-electron chi connectivity index (χ1n) is 7.57. The van der Waals surface area contributed by atoms with Gasteiger partial charge >= 0.3 is 19.1 Å². The summed E-state index contributed by atoms with van der Waals surface area (Å²) in [5.41, 5.74) is 0.990. The molecule has 3 atom stereocenters. The largest absolute Gasteiger partial charge is 0.633 e. The Morgan fingerprint density at radius 2 is 1.95 bits per heavy atom. The van der Waals surface area contributed by atoms with E-state index < -0.39 is 13.1 Å². The lowest BCUT2D eigenvalue weighted by Gasteiger charge is -2.27. The summed E-state index contributed by atoms with van der Waals surface area (Å²) in [6.07, 6.45) is 1.43. The van der Waals surface area contributed by atoms with E-state index in [0.29, 0.717) is 0 Å². The van der Waals surface area contributed by atoms with Gasteiger partial charge in [-0.3, -0.25) is 14.5 Å². The van der Waals surface area contributed by atoms with Crippen LogP contribution in [0, 0.1) is 0 Å². The average molecular weight is 301 g/mol. The maximum Gasteiger partial charge on any atom is 0.633 e. The average Bonchev–Trinajstić information content (AvgIpc) is 3.19. The second-order valence-electron chi connectivity index (χ2n) is 5.86. The molecule has 0 saturated carbocycles. The van der Waals surface area contributed by atoms with E-state index in [-0.39, 0.29) is 30.6 Å². The Labute approximate surface area is 128 Å². The highest BCUT2D eigenvalue weighted by Crippen LogP contribution is 2.41. The molecule has 0 bridgehead atoms. The van der Waals surface area contributed by atoms with Crippen LogP contribution >= 0.6 is 0 Å². The van der Waals surface area contributed by atoms with E-state index in [0.717, 1.165) is 24.9 Å². The Morgan fingerprint density at radius 1 is 1.14 bits per heavy atom. The molecular formula is C15H16BNO5. The molecule has 6 nitrogen and oxygen atoms in total. The van der Waals surface area contributed by atoms with Crippen molar-refractivity contribution in [2.45, 2.75) is 31.0 Å². The molecule has 0 aromatic heterocycles. The summed E-state index contributed by atoms with van der Waals surface area (Å²) in [6.45, 7) is 0.866. The molecule has 1 aromatic carbocycles. The topological polar surface area (TPSA) is 68.4 Å². The normalized spacial score (nSPS) is 31.8. The van der Waals surface area contributed by atoms with Crippen molar-refractivity contribution in [3.63, 3.8) is 0 Å². The standard InChI is InChI=1S/C15H16BNO5/c18-12-9-17-8-4-7-11(17)15(19)22-16(21-12)14-13(20-14)10-5-2-1-3-6-10/h1-3,5-6,11,13-14H,4,7-9H2/t11-,13?,14?/m0/s1. The minimum Gasteiger partial charge on any atom is -0.496 e. The minimum atomic E-state index is -0.951. The monoisotopic (exact) mass is 301 g/mol. The molecule has 3 aliphatic heterocycles. The number of rotatable bonds is 2. The minimum absolute atomic E-state index is 0.138. The van der Waals surface area contributed by atoms with Crippen LogP contribution in [0.2, 0.25) is 0 Å². The fraction of sp³-hybridized carbons (Fsp3) is 0.467. The van der Waals surface area contributed by atoms with E-state index in [9.17, 15) is 9.59 Å². The van der Waals surface area contributed by atoms with E-state index >= 15 is 0 Å². The molecular weight excluding hydrogens is 285 g/mol. The number of nitrogens with zero attached hydrogens (tertiary/aromatic N) is 1. The van der Waals surface area contributed by atoms with Gasteiger partial charge in [0.15, 0.2) is 6.00 Å². The molecule has 3 heterocycles. The number of fused-ring (bicyclic) bond motifs is 1. The van der Waals surface area contributed by atoms with Crippen molar-refractivity contribution in [2.24, 2.45) is 0 Å². The Balaban J connectivity index is 1.48. The Kier molecular flexibility index (Phi) is 3.39. The lowest BCUT2D eigenvalue weighted by atomic mass is 9.80. The molecule has 0 N–H and O–H groups in total. The number of carbonyl (C=O) groups is 2. The van der Waals surface area contributed by atoms with Gasteiger partial charge in [0.2, 0.25) is 0 Å². The molecule has 3 saturated heterocycles. The predicted molar refractivity (Wildman–Crippen MR) is 76.6 cm³/mol. The zero-order valence-electron chi connectivity index (χ0n) is 12.0. The van der Waals surface area contributed by atoms with Gasteiger partial charge in [0.1, 0.15) is 12.1 Å². The van der Waals surface area contributed by atoms with Crippen molar-refractivity contribution in [1.29, 1.82) is 0 Å². The van der Waals surface area contributed by atoms with Crippen LogP contribution in [0.1, 0.15) is 24.5 Å². The third kappa shape index (κ3) is 2.50. The van der Waals surface area contributed by atoms with E-state index in [1.165, 1.54) is 0 Å². The van der Waals surface area contributed by atoms with Gasteiger partial charge < -0.3 is 14.0 Å². The maximum atomic E-state index is 12.2. The molecule has 7 heteroatoms. The predicted octanol–water partition coefficient (Wildman–Crippen LogP) is 0.718. The second kappa shape index (κ2) is 5.41. The SMILES string of the molecule is O=C1CN2CCC[C@H]2C(=O)OB(C2OC2c2ccccc2)O1. The molecule has 114 valence electrons. The molecule has 0 amide bonds. The molecule has 0 radical (unpaired) electrons. The molecule has 22 heavy (non-hydrogen) atoms. The van der Waals surface area contributed by atoms with E-state index in [1.54, 1.807) is 0 Å². The Bertz CT molecular complexity index is 595. The van der Waals surface area contributed by atoms with E-state index in [2.05, 4.69) is 0 Å². The summed E-state index contributed by atoms with van der Waals surface area (Å²) >= 11 is 0. The van der Waals surface area contributed by atoms with Gasteiger partial charge in [-0.2, -0.15) is 0 Å². The van der Waals surface area contributed by atoms with Crippen LogP contribution in [-0.2, 0) is 23.6 Å². The summed E-state index contributed by atoms with van der Waals surface area (Å²) in [6, 6.07) is 8.89. The van der Waals surface area contributed by atoms with E-state index in [4.69, 9.17) is 14.0 Å². The quantitative estimate of drug-likeness (QED) is 0.592. The van der Waals surface area contributed by atoms with Crippen molar-refractivity contribution in [3.8, 4) is 0 Å². The molecule has 1 aromatic rings. The molecule has 2 unspecified atom stereocenters. The Hall–Kier alpha value is -1.86. The molecule has 3 aliphatic rings. The van der Waals surface area contributed by atoms with Gasteiger partial charge in [-0.05, 0) is 24.9 Å². The zero-order chi connectivity index (χ0) is 15.1. The van der Waals surface area contributed by atoms with Crippen molar-refractivity contribution in [1.82, 2.24) is 4.90 Å². The lowest BCUT2D eigenvalue weighted by molar-refractivity contribution is -0.149. The fourth-order valence-electron chi connectivity index (χ4n) is 3.21. The molecule has 0 aliphatic carbocycles. The molecule has 3 fully saturated rings. The summed E-state index contributed by atoms with van der Waals surface area (Å²) < 4.78 is 16.3. The van der Waals surface area contributed by atoms with E-state index in [1.807, 2.05) is 35.2 Å². The number of epoxide rings is 1. The molecule has 4 rings (SSSR count). The number of ether oxygens (including phenoxy) is 1. The van der Waals surface area contributed by atoms with Crippen molar-refractivity contribution < 1.29 is 23.6 Å². The lowest BCUT2D eigenvalue weighted by Crippen LogP contribution is -2.49. The zero-order valence-corrected chi connectivity index (χ0v) is 12.0. The van der Waals surface area contributed by atoms with Crippen molar-refractivity contribution in [3.05, 3.63) is 35.9 Å². The highest BCUT2D eigenvalue weighted by Gasteiger charge is 2.57. The van der Waals surface area contributed by atoms with Gasteiger partial charge in [-0.15, -0.1) is 0 Å². The molecule has 0 spiro atoms. The fourth-order valence-corrected chi connectivity index (χ4v) is 3.21. The first-order chi connectivity index (χ1) is 10.7. The summed E-state index contributed by atoms with van der Waals surface area (Å²) in [4.78, 5) is 26.0. The van der Waals surface area contributed by atoms with Crippen LogP contribution in [0.4, 0.5) is 0 Å². The van der Waals surface area contributed by atoms with Crippen LogP contribution < -0.4 is 0 Å². The van der Waals surface area contributed by atoms with Crippen LogP contribution in [0.15, 0.2) is 30.3 Å². The Morgan fingerprint density at radius 3 is 2.77 bits per heavy atom. The van der Waals surface area contributed by atoms with Crippen LogP contribution in [0.5, 0.6) is 0 Å². The summed E-state index contributed by atoms with van der Waals surface area (Å²) in [5.74, 6) is -0.691. The summed E-state index contributed by atoms with van der Waals surface area (Å²) in [7, 11) is -0.951. The summed E-state index contributed by atoms with van der Waals surface area (Å²) in [5, 5.41) is 0. The van der Waals surface area contributed by atoms with Gasteiger partial charge in [0, 0.05) is 0 Å². The first-order valence-corrected chi connectivity index (χ1v) is 7.57. The third-order valence-corrected chi connectivity index (χ3v) is 4.37. The maximum absolute atomic E-state index is 12.2. The number of carbonyl (C=O) groups excluding carboxylic acids is 2. The highest BCUT2D eigenvalue weighted by atomic mass is 16.7. The highest BCUT2D eigenvalue weighted by molar-refractivity contribution is 6.51. The van der Waals surface area contributed by atoms with Gasteiger partial charge in [0.05, 0.1) is 6.54 Å². The van der Waals surface area contributed by atoms with Gasteiger partial charge in [-0.1, -0.05) is 30.3 Å². The van der Waals surface area contributed by atoms with Gasteiger partial charge in [0.25, 0.3) is 0 Å². The van der Waals surface area contributed by atoms with Crippen LogP contribution in [-0.4, -0.2) is 49.1 Å². The smallest absolute Gasteiger partial charge is 0.496 e. The first kappa shape index (κ1) is 13.8. The van der Waals surface area contributed by atoms with Gasteiger partial charge in [-0.25, -0.2) is 0 Å². The number of benzene rings is 1. The van der Waals surface area contributed by atoms with Crippen LogP contribution in [0.25, 0.3) is 0 Å². The number of hydrogen-bond acceptors (Lipinski definition) is 6. The number of hydrogen-bond donors (Lipinski definition) is 0. The van der Waals surface area contributed by atoms with Crippen LogP contribution in [0.3, 0.4) is 0 Å². The third-order valence-electron chi connectivity index (χ3n) is 4.37. The second-order valence-corrected chi connectivity index (χ2v) is 5.86.